The van der Waals surface area contributed by atoms with Crippen LogP contribution in [-0.2, 0) is 0 Å². The Kier molecular flexibility index (Phi) is 3.61. The molecule has 0 aliphatic carbocycles. The van der Waals surface area contributed by atoms with Crippen LogP contribution < -0.4 is 9.09 Å². The summed E-state index contributed by atoms with van der Waals surface area (Å²) in [6, 6.07) is 5.26. The fourth-order valence-electron chi connectivity index (χ4n) is 0.870. The average molecular weight is 234 g/mol. The first-order valence-electron chi connectivity index (χ1n) is 3.63. The molecule has 0 amide bonds. The SMILES string of the molecule is C#CCOc1cccc(C=O)c1[As]. The van der Waals surface area contributed by atoms with Gasteiger partial charge >= 0.3 is 85.5 Å². The molecule has 1 aromatic carbocycles. The van der Waals surface area contributed by atoms with Gasteiger partial charge in [0, 0.05) is 0 Å². The van der Waals surface area contributed by atoms with Gasteiger partial charge in [0.25, 0.3) is 0 Å². The first-order chi connectivity index (χ1) is 6.29. The number of rotatable bonds is 3. The van der Waals surface area contributed by atoms with Gasteiger partial charge in [-0.15, -0.1) is 0 Å². The predicted molar refractivity (Wildman–Crippen MR) is 51.5 cm³/mol. The van der Waals surface area contributed by atoms with Crippen LogP contribution in [0.4, 0.5) is 0 Å². The number of hydrogen-bond acceptors (Lipinski definition) is 2. The van der Waals surface area contributed by atoms with Crippen molar-refractivity contribution in [3.63, 3.8) is 0 Å². The van der Waals surface area contributed by atoms with E-state index in [0.29, 0.717) is 11.3 Å². The molecule has 1 rings (SSSR count). The Morgan fingerprint density at radius 3 is 3.00 bits per heavy atom. The van der Waals surface area contributed by atoms with Crippen LogP contribution in [-0.4, -0.2) is 29.7 Å². The van der Waals surface area contributed by atoms with E-state index in [4.69, 9.17) is 11.2 Å². The summed E-state index contributed by atoms with van der Waals surface area (Å²) >= 11 is 2.30. The Morgan fingerprint density at radius 2 is 2.38 bits per heavy atom. The number of aldehydes is 1. The molecule has 64 valence electrons. The molecule has 0 saturated carbocycles. The van der Waals surface area contributed by atoms with Crippen molar-refractivity contribution >= 4 is 27.5 Å². The summed E-state index contributed by atoms with van der Waals surface area (Å²) in [7, 11) is 0. The molecule has 3 heteroatoms. The number of hydrogen-bond donors (Lipinski definition) is 0. The Morgan fingerprint density at radius 1 is 1.62 bits per heavy atom. The van der Waals surface area contributed by atoms with Crippen LogP contribution in [0.2, 0.25) is 0 Å². The van der Waals surface area contributed by atoms with Crippen molar-refractivity contribution in [3.8, 4) is 18.1 Å². The molecule has 2 nitrogen and oxygen atoms in total. The second-order valence-electron chi connectivity index (χ2n) is 2.30. The van der Waals surface area contributed by atoms with Crippen LogP contribution in [0.5, 0.6) is 5.75 Å². The first kappa shape index (κ1) is 9.89. The molecule has 0 atom stereocenters. The van der Waals surface area contributed by atoms with Crippen molar-refractivity contribution in [1.82, 2.24) is 0 Å². The number of ether oxygens (including phenoxy) is 1. The molecule has 0 heterocycles. The zero-order chi connectivity index (χ0) is 9.68. The van der Waals surface area contributed by atoms with Crippen molar-refractivity contribution in [2.75, 3.05) is 6.61 Å². The van der Waals surface area contributed by atoms with E-state index in [-0.39, 0.29) is 6.61 Å². The van der Waals surface area contributed by atoms with Gasteiger partial charge in [0.2, 0.25) is 0 Å². The van der Waals surface area contributed by atoms with Gasteiger partial charge in [-0.05, 0) is 0 Å². The van der Waals surface area contributed by atoms with E-state index in [1.54, 1.807) is 18.2 Å². The van der Waals surface area contributed by atoms with Crippen molar-refractivity contribution in [3.05, 3.63) is 23.8 Å². The molecule has 13 heavy (non-hydrogen) atoms. The molecular weight excluding hydrogens is 227 g/mol. The van der Waals surface area contributed by atoms with Crippen molar-refractivity contribution in [2.24, 2.45) is 0 Å². The van der Waals surface area contributed by atoms with Crippen LogP contribution in [0, 0.1) is 12.3 Å². The number of benzene rings is 1. The fraction of sp³-hybridized carbons (Fsp3) is 0.100. The molecular formula is C10H7AsO2. The molecule has 0 unspecified atom stereocenters. The average Bonchev–Trinajstić information content (AvgIpc) is 2.16. The standard InChI is InChI=1S/C10H7AsO2/c1-2-6-13-9-5-3-4-8(7-12)10(9)11/h1,3-5,7H,6H2. The fourth-order valence-corrected chi connectivity index (χ4v) is 1.43. The Labute approximate surface area is 85.8 Å². The molecule has 0 N–H and O–H groups in total. The summed E-state index contributed by atoms with van der Waals surface area (Å²) in [6.07, 6.45) is 5.84. The Bertz CT molecular complexity index is 352. The number of terminal acetylenes is 1. The van der Waals surface area contributed by atoms with Gasteiger partial charge in [-0.2, -0.15) is 0 Å². The second kappa shape index (κ2) is 4.74. The van der Waals surface area contributed by atoms with Gasteiger partial charge in [-0.3, -0.25) is 0 Å². The minimum absolute atomic E-state index is 0.215. The maximum absolute atomic E-state index is 10.5. The molecule has 1 aromatic rings. The topological polar surface area (TPSA) is 26.3 Å². The van der Waals surface area contributed by atoms with Crippen molar-refractivity contribution < 1.29 is 9.53 Å². The molecule has 2 radical (unpaired) electrons. The summed E-state index contributed by atoms with van der Waals surface area (Å²) < 4.78 is 5.98. The van der Waals surface area contributed by atoms with Crippen LogP contribution in [0.25, 0.3) is 0 Å². The zero-order valence-corrected chi connectivity index (χ0v) is 8.73. The van der Waals surface area contributed by atoms with Gasteiger partial charge in [0.15, 0.2) is 0 Å². The quantitative estimate of drug-likeness (QED) is 0.427. The van der Waals surface area contributed by atoms with E-state index >= 15 is 0 Å². The third-order valence-corrected chi connectivity index (χ3v) is 2.47. The van der Waals surface area contributed by atoms with Crippen LogP contribution >= 0.6 is 0 Å². The maximum atomic E-state index is 10.5. The molecule has 0 aliphatic rings. The molecule has 0 fully saturated rings. The van der Waals surface area contributed by atoms with Crippen LogP contribution in [0.3, 0.4) is 0 Å². The molecule has 0 aromatic heterocycles. The monoisotopic (exact) mass is 234 g/mol. The van der Waals surface area contributed by atoms with Gasteiger partial charge in [-0.25, -0.2) is 0 Å². The normalized spacial score (nSPS) is 8.92. The zero-order valence-electron chi connectivity index (χ0n) is 6.86. The molecule has 0 bridgehead atoms. The summed E-state index contributed by atoms with van der Waals surface area (Å²) in [5.41, 5.74) is 0.606. The molecule has 0 saturated heterocycles. The van der Waals surface area contributed by atoms with Gasteiger partial charge in [-0.1, -0.05) is 0 Å². The third kappa shape index (κ3) is 2.37. The van der Waals surface area contributed by atoms with E-state index in [0.717, 1.165) is 10.6 Å². The van der Waals surface area contributed by atoms with Gasteiger partial charge in [0.05, 0.1) is 0 Å². The first-order valence-corrected chi connectivity index (χ1v) is 4.57. The van der Waals surface area contributed by atoms with E-state index < -0.39 is 0 Å². The van der Waals surface area contributed by atoms with E-state index in [9.17, 15) is 4.79 Å². The van der Waals surface area contributed by atoms with E-state index in [2.05, 4.69) is 22.8 Å². The predicted octanol–water partition coefficient (Wildman–Crippen LogP) is 0.305. The Hall–Kier alpha value is -1.19. The Balaban J connectivity index is 2.95. The summed E-state index contributed by atoms with van der Waals surface area (Å²) in [5, 5.41) is 0. The summed E-state index contributed by atoms with van der Waals surface area (Å²) in [4.78, 5) is 10.5. The van der Waals surface area contributed by atoms with Gasteiger partial charge in [0.1, 0.15) is 0 Å². The van der Waals surface area contributed by atoms with Crippen molar-refractivity contribution in [1.29, 1.82) is 0 Å². The van der Waals surface area contributed by atoms with E-state index in [1.165, 1.54) is 0 Å². The third-order valence-electron chi connectivity index (χ3n) is 1.47. The molecule has 0 aliphatic heterocycles. The summed E-state index contributed by atoms with van der Waals surface area (Å²) in [6.45, 7) is 0.215. The number of carbonyl (C=O) groups is 1. The van der Waals surface area contributed by atoms with Crippen LogP contribution in [0.15, 0.2) is 18.2 Å². The van der Waals surface area contributed by atoms with Crippen LogP contribution in [0.1, 0.15) is 10.4 Å². The minimum atomic E-state index is 0.215. The number of carbonyl (C=O) groups excluding carboxylic acids is 1. The second-order valence-corrected chi connectivity index (χ2v) is 3.24. The van der Waals surface area contributed by atoms with E-state index in [1.807, 2.05) is 0 Å². The molecule has 0 spiro atoms. The van der Waals surface area contributed by atoms with Crippen molar-refractivity contribution in [2.45, 2.75) is 0 Å². The van der Waals surface area contributed by atoms with Gasteiger partial charge < -0.3 is 0 Å². The summed E-state index contributed by atoms with van der Waals surface area (Å²) in [5.74, 6) is 3.00.